The summed E-state index contributed by atoms with van der Waals surface area (Å²) in [6, 6.07) is 17.5. The normalized spacial score (nSPS) is 14.4. The molecule has 9 nitrogen and oxygen atoms in total. The van der Waals surface area contributed by atoms with Crippen LogP contribution in [0, 0.1) is 0 Å². The molecule has 3 aromatic rings. The highest BCUT2D eigenvalue weighted by molar-refractivity contribution is 5.79. The van der Waals surface area contributed by atoms with E-state index in [1.165, 1.54) is 6.33 Å². The third-order valence-corrected chi connectivity index (χ3v) is 5.33. The minimum atomic E-state index is 0.00583. The van der Waals surface area contributed by atoms with Crippen molar-refractivity contribution in [1.29, 1.82) is 0 Å². The summed E-state index contributed by atoms with van der Waals surface area (Å²) in [5.74, 6) is 0.106. The van der Waals surface area contributed by atoms with Gasteiger partial charge in [0.2, 0.25) is 11.8 Å². The second-order valence-corrected chi connectivity index (χ2v) is 7.52. The molecular weight excluding hydrogens is 394 g/mol. The van der Waals surface area contributed by atoms with Crippen molar-refractivity contribution in [3.63, 3.8) is 0 Å². The summed E-state index contributed by atoms with van der Waals surface area (Å²) in [6.45, 7) is 3.55. The van der Waals surface area contributed by atoms with Gasteiger partial charge in [-0.15, -0.1) is 5.10 Å². The van der Waals surface area contributed by atoms with Crippen molar-refractivity contribution in [2.45, 2.75) is 13.0 Å². The van der Waals surface area contributed by atoms with E-state index in [-0.39, 0.29) is 11.8 Å². The van der Waals surface area contributed by atoms with Crippen LogP contribution in [0.2, 0.25) is 0 Å². The average molecular weight is 419 g/mol. The van der Waals surface area contributed by atoms with E-state index in [9.17, 15) is 9.59 Å². The number of piperazine rings is 1. The molecule has 2 amide bonds. The predicted molar refractivity (Wildman–Crippen MR) is 114 cm³/mol. The van der Waals surface area contributed by atoms with E-state index in [0.717, 1.165) is 16.8 Å². The highest BCUT2D eigenvalue weighted by Crippen LogP contribution is 2.11. The van der Waals surface area contributed by atoms with Gasteiger partial charge in [0.15, 0.2) is 0 Å². The van der Waals surface area contributed by atoms with Gasteiger partial charge in [-0.25, -0.2) is 4.68 Å². The molecule has 2 aromatic carbocycles. The molecule has 1 N–H and O–H groups in total. The first-order chi connectivity index (χ1) is 15.2. The van der Waals surface area contributed by atoms with Crippen LogP contribution in [0.4, 0.5) is 0 Å². The molecule has 0 aliphatic carbocycles. The van der Waals surface area contributed by atoms with Crippen molar-refractivity contribution in [1.82, 2.24) is 35.3 Å². The molecule has 0 spiro atoms. The number of nitrogens with one attached hydrogen (secondary N) is 1. The van der Waals surface area contributed by atoms with Crippen molar-refractivity contribution >= 4 is 11.8 Å². The van der Waals surface area contributed by atoms with Gasteiger partial charge in [0.05, 0.1) is 18.7 Å². The smallest absolute Gasteiger partial charge is 0.234 e. The maximum absolute atomic E-state index is 12.7. The Morgan fingerprint density at radius 3 is 2.32 bits per heavy atom. The lowest BCUT2D eigenvalue weighted by Gasteiger charge is -2.34. The first kappa shape index (κ1) is 20.7. The van der Waals surface area contributed by atoms with Gasteiger partial charge in [-0.1, -0.05) is 42.5 Å². The number of hydrogen-bond acceptors (Lipinski definition) is 6. The molecular formula is C22H25N7O2. The maximum atomic E-state index is 12.7. The number of carbonyl (C=O) groups is 2. The molecule has 31 heavy (non-hydrogen) atoms. The van der Waals surface area contributed by atoms with Gasteiger partial charge in [0.25, 0.3) is 0 Å². The van der Waals surface area contributed by atoms with Crippen LogP contribution in [-0.4, -0.2) is 74.5 Å². The largest absolute Gasteiger partial charge is 0.351 e. The summed E-state index contributed by atoms with van der Waals surface area (Å²) in [5.41, 5.74) is 2.88. The zero-order valence-corrected chi connectivity index (χ0v) is 17.2. The first-order valence-corrected chi connectivity index (χ1v) is 10.3. The second kappa shape index (κ2) is 9.94. The number of amides is 2. The molecule has 0 atom stereocenters. The molecule has 4 rings (SSSR count). The van der Waals surface area contributed by atoms with Crippen LogP contribution in [0.15, 0.2) is 60.9 Å². The molecule has 1 saturated heterocycles. The Hall–Kier alpha value is -3.59. The van der Waals surface area contributed by atoms with Crippen molar-refractivity contribution in [3.8, 4) is 5.69 Å². The molecule has 1 aromatic heterocycles. The summed E-state index contributed by atoms with van der Waals surface area (Å²) in [6.07, 6.45) is 1.88. The zero-order chi connectivity index (χ0) is 21.5. The van der Waals surface area contributed by atoms with E-state index in [1.54, 1.807) is 4.68 Å². The van der Waals surface area contributed by atoms with Crippen LogP contribution < -0.4 is 5.32 Å². The van der Waals surface area contributed by atoms with Crippen LogP contribution in [0.25, 0.3) is 5.69 Å². The lowest BCUT2D eigenvalue weighted by atomic mass is 10.1. The fraction of sp³-hybridized carbons (Fsp3) is 0.318. The summed E-state index contributed by atoms with van der Waals surface area (Å²) in [7, 11) is 0. The highest BCUT2D eigenvalue weighted by Gasteiger charge is 2.22. The minimum absolute atomic E-state index is 0.00583. The summed E-state index contributed by atoms with van der Waals surface area (Å²) < 4.78 is 1.57. The van der Waals surface area contributed by atoms with Crippen molar-refractivity contribution < 1.29 is 9.59 Å². The maximum Gasteiger partial charge on any atom is 0.234 e. The fourth-order valence-corrected chi connectivity index (χ4v) is 3.54. The quantitative estimate of drug-likeness (QED) is 0.605. The average Bonchev–Trinajstić information content (AvgIpc) is 3.34. The standard InChI is InChI=1S/C22H25N7O2/c30-21(23-15-19-4-2-1-3-5-19)16-27-10-12-28(13-11-27)22(31)14-18-6-8-20(9-7-18)29-17-24-25-26-29/h1-9,17H,10-16H2,(H,23,30). The number of benzene rings is 2. The molecule has 1 fully saturated rings. The Labute approximate surface area is 180 Å². The van der Waals surface area contributed by atoms with E-state index in [0.29, 0.717) is 45.7 Å². The van der Waals surface area contributed by atoms with Gasteiger partial charge in [-0.05, 0) is 33.7 Å². The van der Waals surface area contributed by atoms with Gasteiger partial charge >= 0.3 is 0 Å². The van der Waals surface area contributed by atoms with Crippen LogP contribution in [0.3, 0.4) is 0 Å². The molecule has 0 saturated carbocycles. The third-order valence-electron chi connectivity index (χ3n) is 5.33. The van der Waals surface area contributed by atoms with Crippen molar-refractivity contribution in [3.05, 3.63) is 72.1 Å². The minimum Gasteiger partial charge on any atom is -0.351 e. The number of carbonyl (C=O) groups excluding carboxylic acids is 2. The molecule has 2 heterocycles. The van der Waals surface area contributed by atoms with E-state index in [2.05, 4.69) is 25.7 Å². The summed E-state index contributed by atoms with van der Waals surface area (Å²) >= 11 is 0. The molecule has 1 aliphatic heterocycles. The predicted octanol–water partition coefficient (Wildman–Crippen LogP) is 0.665. The SMILES string of the molecule is O=C(CN1CCN(C(=O)Cc2ccc(-n3cnnn3)cc2)CC1)NCc1ccccc1. The number of hydrogen-bond donors (Lipinski definition) is 1. The van der Waals surface area contributed by atoms with E-state index < -0.39 is 0 Å². The second-order valence-electron chi connectivity index (χ2n) is 7.52. The van der Waals surface area contributed by atoms with Crippen LogP contribution in [-0.2, 0) is 22.6 Å². The van der Waals surface area contributed by atoms with E-state index in [4.69, 9.17) is 0 Å². The zero-order valence-electron chi connectivity index (χ0n) is 17.2. The topological polar surface area (TPSA) is 96.3 Å². The Morgan fingerprint density at radius 1 is 0.903 bits per heavy atom. The molecule has 9 heteroatoms. The molecule has 0 radical (unpaired) electrons. The number of nitrogens with zero attached hydrogens (tertiary/aromatic N) is 6. The van der Waals surface area contributed by atoms with Crippen molar-refractivity contribution in [2.24, 2.45) is 0 Å². The van der Waals surface area contributed by atoms with Crippen LogP contribution in [0.5, 0.6) is 0 Å². The van der Waals surface area contributed by atoms with E-state index in [1.807, 2.05) is 59.5 Å². The lowest BCUT2D eigenvalue weighted by molar-refractivity contribution is -0.132. The van der Waals surface area contributed by atoms with E-state index >= 15 is 0 Å². The highest BCUT2D eigenvalue weighted by atomic mass is 16.2. The van der Waals surface area contributed by atoms with Gasteiger partial charge in [-0.3, -0.25) is 14.5 Å². The van der Waals surface area contributed by atoms with Crippen LogP contribution in [0.1, 0.15) is 11.1 Å². The van der Waals surface area contributed by atoms with Gasteiger partial charge in [-0.2, -0.15) is 0 Å². The molecule has 160 valence electrons. The van der Waals surface area contributed by atoms with Crippen molar-refractivity contribution in [2.75, 3.05) is 32.7 Å². The number of tetrazole rings is 1. The fourth-order valence-electron chi connectivity index (χ4n) is 3.54. The van der Waals surface area contributed by atoms with Gasteiger partial charge in [0.1, 0.15) is 6.33 Å². The lowest BCUT2D eigenvalue weighted by Crippen LogP contribution is -2.51. The Morgan fingerprint density at radius 2 is 1.65 bits per heavy atom. The first-order valence-electron chi connectivity index (χ1n) is 10.3. The third kappa shape index (κ3) is 5.73. The number of aromatic nitrogens is 4. The Bertz CT molecular complexity index is 982. The molecule has 0 bridgehead atoms. The summed E-state index contributed by atoms with van der Waals surface area (Å²) in [5, 5.41) is 14.0. The molecule has 1 aliphatic rings. The monoisotopic (exact) mass is 419 g/mol. The molecule has 0 unspecified atom stereocenters. The Kier molecular flexibility index (Phi) is 6.63. The summed E-state index contributed by atoms with van der Waals surface area (Å²) in [4.78, 5) is 28.8. The Balaban J connectivity index is 1.19. The van der Waals surface area contributed by atoms with Gasteiger partial charge in [0, 0.05) is 32.7 Å². The van der Waals surface area contributed by atoms with Crippen LogP contribution >= 0.6 is 0 Å². The number of rotatable bonds is 7. The van der Waals surface area contributed by atoms with Gasteiger partial charge < -0.3 is 10.2 Å².